The Bertz CT molecular complexity index is 375. The second-order valence-electron chi connectivity index (χ2n) is 5.07. The minimum atomic E-state index is 0.157. The fourth-order valence-corrected chi connectivity index (χ4v) is 2.67. The van der Waals surface area contributed by atoms with Crippen LogP contribution in [-0.4, -0.2) is 28.5 Å². The van der Waals surface area contributed by atoms with Crippen molar-refractivity contribution in [2.45, 2.75) is 44.6 Å². The molecule has 0 radical (unpaired) electrons. The van der Waals surface area contributed by atoms with Crippen LogP contribution in [0.3, 0.4) is 0 Å². The molecule has 94 valence electrons. The molecule has 0 atom stereocenters. The van der Waals surface area contributed by atoms with E-state index in [9.17, 15) is 4.79 Å². The first kappa shape index (κ1) is 12.2. The van der Waals surface area contributed by atoms with E-state index >= 15 is 0 Å². The van der Waals surface area contributed by atoms with Crippen molar-refractivity contribution in [3.8, 4) is 0 Å². The van der Waals surface area contributed by atoms with Gasteiger partial charge in [0.15, 0.2) is 0 Å². The zero-order chi connectivity index (χ0) is 12.3. The van der Waals surface area contributed by atoms with Gasteiger partial charge in [-0.3, -0.25) is 4.79 Å². The van der Waals surface area contributed by atoms with Gasteiger partial charge in [-0.05, 0) is 25.0 Å². The van der Waals surface area contributed by atoms with E-state index in [1.165, 1.54) is 25.7 Å². The molecule has 1 aliphatic carbocycles. The van der Waals surface area contributed by atoms with Crippen molar-refractivity contribution in [3.63, 3.8) is 0 Å². The Hall–Kier alpha value is -1.25. The van der Waals surface area contributed by atoms with Crippen molar-refractivity contribution >= 4 is 5.91 Å². The second kappa shape index (κ2) is 5.39. The molecule has 1 aromatic rings. The average Bonchev–Trinajstić information content (AvgIpc) is 2.60. The molecular weight excluding hydrogens is 212 g/mol. The Balaban J connectivity index is 2.06. The fourth-order valence-electron chi connectivity index (χ4n) is 2.67. The van der Waals surface area contributed by atoms with E-state index in [0.717, 1.165) is 18.5 Å². The summed E-state index contributed by atoms with van der Waals surface area (Å²) in [4.78, 5) is 14.3. The molecule has 0 saturated heterocycles. The molecule has 17 heavy (non-hydrogen) atoms. The molecule has 1 heterocycles. The lowest BCUT2D eigenvalue weighted by molar-refractivity contribution is 0.0708. The number of hydrogen-bond acceptors (Lipinski definition) is 1. The number of nitrogens with zero attached hydrogens (tertiary/aromatic N) is 2. The van der Waals surface area contributed by atoms with E-state index in [0.29, 0.717) is 6.04 Å². The van der Waals surface area contributed by atoms with Gasteiger partial charge in [0.05, 0.1) is 0 Å². The Kier molecular flexibility index (Phi) is 3.87. The van der Waals surface area contributed by atoms with Gasteiger partial charge < -0.3 is 9.47 Å². The molecule has 2 rings (SSSR count). The van der Waals surface area contributed by atoms with Gasteiger partial charge in [-0.2, -0.15) is 0 Å². The molecule has 0 spiro atoms. The third-order valence-electron chi connectivity index (χ3n) is 3.86. The van der Waals surface area contributed by atoms with Gasteiger partial charge in [0.2, 0.25) is 0 Å². The highest BCUT2D eigenvalue weighted by molar-refractivity contribution is 5.92. The summed E-state index contributed by atoms with van der Waals surface area (Å²) < 4.78 is 1.90. The van der Waals surface area contributed by atoms with Crippen LogP contribution in [0.5, 0.6) is 0 Å². The van der Waals surface area contributed by atoms with Crippen LogP contribution in [0.15, 0.2) is 18.3 Å². The van der Waals surface area contributed by atoms with E-state index < -0.39 is 0 Å². The molecule has 0 bridgehead atoms. The topological polar surface area (TPSA) is 25.2 Å². The van der Waals surface area contributed by atoms with Gasteiger partial charge in [0.25, 0.3) is 5.91 Å². The Labute approximate surface area is 103 Å². The van der Waals surface area contributed by atoms with Crippen molar-refractivity contribution in [2.24, 2.45) is 7.05 Å². The predicted octanol–water partition coefficient (Wildman–Crippen LogP) is 2.82. The SMILES string of the molecule is CN(C(=O)c1cccn1C)C1CCCCCC1. The molecule has 1 aromatic heterocycles. The molecule has 1 aliphatic rings. The summed E-state index contributed by atoms with van der Waals surface area (Å²) in [6, 6.07) is 4.25. The summed E-state index contributed by atoms with van der Waals surface area (Å²) in [6.45, 7) is 0. The van der Waals surface area contributed by atoms with Gasteiger partial charge in [0, 0.05) is 26.3 Å². The number of amides is 1. The van der Waals surface area contributed by atoms with Crippen molar-refractivity contribution in [1.29, 1.82) is 0 Å². The van der Waals surface area contributed by atoms with Crippen LogP contribution in [0.25, 0.3) is 0 Å². The maximum absolute atomic E-state index is 12.3. The van der Waals surface area contributed by atoms with E-state index in [2.05, 4.69) is 0 Å². The molecule has 1 saturated carbocycles. The van der Waals surface area contributed by atoms with Crippen LogP contribution < -0.4 is 0 Å². The van der Waals surface area contributed by atoms with Crippen LogP contribution in [0.4, 0.5) is 0 Å². The second-order valence-corrected chi connectivity index (χ2v) is 5.07. The van der Waals surface area contributed by atoms with Crippen molar-refractivity contribution in [2.75, 3.05) is 7.05 Å². The summed E-state index contributed by atoms with van der Waals surface area (Å²) >= 11 is 0. The zero-order valence-corrected chi connectivity index (χ0v) is 10.9. The number of aromatic nitrogens is 1. The molecule has 3 heteroatoms. The normalized spacial score (nSPS) is 17.8. The summed E-state index contributed by atoms with van der Waals surface area (Å²) in [7, 11) is 3.87. The maximum Gasteiger partial charge on any atom is 0.270 e. The lowest BCUT2D eigenvalue weighted by Gasteiger charge is -2.27. The highest BCUT2D eigenvalue weighted by Gasteiger charge is 2.23. The minimum absolute atomic E-state index is 0.157. The minimum Gasteiger partial charge on any atom is -0.347 e. The number of rotatable bonds is 2. The Morgan fingerprint density at radius 1 is 1.29 bits per heavy atom. The number of hydrogen-bond donors (Lipinski definition) is 0. The molecule has 3 nitrogen and oxygen atoms in total. The molecule has 1 amide bonds. The third kappa shape index (κ3) is 2.71. The molecular formula is C14H22N2O. The van der Waals surface area contributed by atoms with Crippen molar-refractivity contribution < 1.29 is 4.79 Å². The summed E-state index contributed by atoms with van der Waals surface area (Å²) in [5.41, 5.74) is 0.789. The van der Waals surface area contributed by atoms with Gasteiger partial charge >= 0.3 is 0 Å². The zero-order valence-electron chi connectivity index (χ0n) is 10.9. The molecule has 0 N–H and O–H groups in total. The van der Waals surface area contributed by atoms with Crippen LogP contribution in [0, 0.1) is 0 Å². The van der Waals surface area contributed by atoms with Gasteiger partial charge in [-0.15, -0.1) is 0 Å². The Morgan fingerprint density at radius 2 is 1.94 bits per heavy atom. The van der Waals surface area contributed by atoms with Gasteiger partial charge in [0.1, 0.15) is 5.69 Å². The summed E-state index contributed by atoms with van der Waals surface area (Å²) in [6.07, 6.45) is 9.41. The van der Waals surface area contributed by atoms with Crippen LogP contribution in [0.1, 0.15) is 49.0 Å². The summed E-state index contributed by atoms with van der Waals surface area (Å²) in [5, 5.41) is 0. The fraction of sp³-hybridized carbons (Fsp3) is 0.643. The first-order valence-corrected chi connectivity index (χ1v) is 6.58. The standard InChI is InChI=1S/C14H22N2O/c1-15-11-7-10-13(15)14(17)16(2)12-8-5-3-4-6-9-12/h7,10-12H,3-6,8-9H2,1-2H3. The molecule has 0 unspecified atom stereocenters. The molecule has 0 aliphatic heterocycles. The highest BCUT2D eigenvalue weighted by atomic mass is 16.2. The lowest BCUT2D eigenvalue weighted by atomic mass is 10.1. The van der Waals surface area contributed by atoms with Crippen LogP contribution in [0.2, 0.25) is 0 Å². The van der Waals surface area contributed by atoms with Crippen molar-refractivity contribution in [3.05, 3.63) is 24.0 Å². The first-order valence-electron chi connectivity index (χ1n) is 6.58. The van der Waals surface area contributed by atoms with Crippen LogP contribution in [-0.2, 0) is 7.05 Å². The van der Waals surface area contributed by atoms with E-state index in [-0.39, 0.29) is 5.91 Å². The first-order chi connectivity index (χ1) is 8.20. The third-order valence-corrected chi connectivity index (χ3v) is 3.86. The molecule has 1 fully saturated rings. The van der Waals surface area contributed by atoms with Gasteiger partial charge in [-0.1, -0.05) is 25.7 Å². The smallest absolute Gasteiger partial charge is 0.270 e. The monoisotopic (exact) mass is 234 g/mol. The summed E-state index contributed by atoms with van der Waals surface area (Å²) in [5.74, 6) is 0.157. The van der Waals surface area contributed by atoms with Gasteiger partial charge in [-0.25, -0.2) is 0 Å². The molecule has 0 aromatic carbocycles. The Morgan fingerprint density at radius 3 is 2.47 bits per heavy atom. The van der Waals surface area contributed by atoms with E-state index in [4.69, 9.17) is 0 Å². The van der Waals surface area contributed by atoms with Crippen molar-refractivity contribution in [1.82, 2.24) is 9.47 Å². The lowest BCUT2D eigenvalue weighted by Crippen LogP contribution is -2.37. The van der Waals surface area contributed by atoms with E-state index in [1.807, 2.05) is 41.9 Å². The maximum atomic E-state index is 12.3. The largest absolute Gasteiger partial charge is 0.347 e. The number of carbonyl (C=O) groups is 1. The quantitative estimate of drug-likeness (QED) is 0.722. The number of carbonyl (C=O) groups excluding carboxylic acids is 1. The van der Waals surface area contributed by atoms with E-state index in [1.54, 1.807) is 0 Å². The van der Waals surface area contributed by atoms with Crippen LogP contribution >= 0.6 is 0 Å². The number of aryl methyl sites for hydroxylation is 1. The average molecular weight is 234 g/mol. The predicted molar refractivity (Wildman–Crippen MR) is 69.0 cm³/mol. The highest BCUT2D eigenvalue weighted by Crippen LogP contribution is 2.22.